The molecular weight excluding hydrogens is 250 g/mol. The van der Waals surface area contributed by atoms with E-state index < -0.39 is 12.0 Å². The molecule has 0 unspecified atom stereocenters. The first-order valence-electron chi connectivity index (χ1n) is 6.02. The third kappa shape index (κ3) is 1.54. The first-order chi connectivity index (χ1) is 8.59. The minimum atomic E-state index is -1.04. The van der Waals surface area contributed by atoms with Gasteiger partial charge in [-0.3, -0.25) is 0 Å². The standard InChI is InChI=1S/C14H14ClNO2/c1-7-11(15)6-5-10-8-3-2-4-9(8)13(14(17)18)16-12(7)10/h2-3,5-6,8-9,13,16H,4H2,1H3,(H,17,18)/p-1/t8-,9+,13-/m0/s1. The third-order valence-electron chi connectivity index (χ3n) is 3.99. The number of halogens is 1. The molecule has 0 spiro atoms. The van der Waals surface area contributed by atoms with Gasteiger partial charge < -0.3 is 15.2 Å². The van der Waals surface area contributed by atoms with E-state index in [2.05, 4.69) is 11.4 Å². The molecule has 1 aliphatic heterocycles. The van der Waals surface area contributed by atoms with Crippen molar-refractivity contribution in [2.75, 3.05) is 5.32 Å². The maximum Gasteiger partial charge on any atom is 0.0698 e. The average molecular weight is 263 g/mol. The second kappa shape index (κ2) is 4.02. The van der Waals surface area contributed by atoms with Crippen LogP contribution in [0.4, 0.5) is 5.69 Å². The Balaban J connectivity index is 2.14. The number of allylic oxidation sites excluding steroid dienone is 2. The zero-order chi connectivity index (χ0) is 12.9. The average Bonchev–Trinajstić information content (AvgIpc) is 2.81. The lowest BCUT2D eigenvalue weighted by Crippen LogP contribution is -2.49. The van der Waals surface area contributed by atoms with Crippen LogP contribution >= 0.6 is 11.6 Å². The van der Waals surface area contributed by atoms with Gasteiger partial charge in [0.15, 0.2) is 0 Å². The molecule has 18 heavy (non-hydrogen) atoms. The summed E-state index contributed by atoms with van der Waals surface area (Å²) in [6.07, 6.45) is 4.91. The van der Waals surface area contributed by atoms with Crippen LogP contribution in [0.25, 0.3) is 0 Å². The molecule has 1 aromatic carbocycles. The summed E-state index contributed by atoms with van der Waals surface area (Å²) >= 11 is 6.09. The molecule has 0 amide bonds. The molecule has 1 aliphatic carbocycles. The van der Waals surface area contributed by atoms with Crippen LogP contribution in [0.15, 0.2) is 24.3 Å². The van der Waals surface area contributed by atoms with Crippen LogP contribution in [-0.4, -0.2) is 12.0 Å². The quantitative estimate of drug-likeness (QED) is 0.786. The van der Waals surface area contributed by atoms with Gasteiger partial charge in [0, 0.05) is 16.6 Å². The summed E-state index contributed by atoms with van der Waals surface area (Å²) in [5, 5.41) is 15.0. The lowest BCUT2D eigenvalue weighted by molar-refractivity contribution is -0.308. The number of rotatable bonds is 1. The lowest BCUT2D eigenvalue weighted by atomic mass is 9.78. The number of fused-ring (bicyclic) bond motifs is 3. The van der Waals surface area contributed by atoms with Crippen LogP contribution in [-0.2, 0) is 4.79 Å². The number of carboxylic acids is 1. The first kappa shape index (κ1) is 11.6. The van der Waals surface area contributed by atoms with E-state index in [4.69, 9.17) is 11.6 Å². The number of anilines is 1. The van der Waals surface area contributed by atoms with Gasteiger partial charge >= 0.3 is 0 Å². The van der Waals surface area contributed by atoms with Crippen molar-refractivity contribution in [1.29, 1.82) is 0 Å². The highest BCUT2D eigenvalue weighted by molar-refractivity contribution is 6.31. The first-order valence-corrected chi connectivity index (χ1v) is 6.40. The second-order valence-corrected chi connectivity index (χ2v) is 5.34. The van der Waals surface area contributed by atoms with E-state index >= 15 is 0 Å². The molecule has 0 aromatic heterocycles. The van der Waals surface area contributed by atoms with Gasteiger partial charge in [-0.1, -0.05) is 29.8 Å². The highest BCUT2D eigenvalue weighted by Gasteiger charge is 2.38. The number of hydrogen-bond donors (Lipinski definition) is 1. The Kier molecular flexibility index (Phi) is 2.59. The molecule has 3 rings (SSSR count). The molecular formula is C14H13ClNO2-. The van der Waals surface area contributed by atoms with E-state index in [-0.39, 0.29) is 11.8 Å². The third-order valence-corrected chi connectivity index (χ3v) is 4.39. The fraction of sp³-hybridized carbons (Fsp3) is 0.357. The number of carboxylic acid groups (broad SMARTS) is 1. The smallest absolute Gasteiger partial charge is 0.0698 e. The Morgan fingerprint density at radius 1 is 1.50 bits per heavy atom. The van der Waals surface area contributed by atoms with Crippen molar-refractivity contribution in [3.63, 3.8) is 0 Å². The van der Waals surface area contributed by atoms with Gasteiger partial charge in [0.1, 0.15) is 0 Å². The SMILES string of the molecule is Cc1c(Cl)ccc2c1N[C@H](C(=O)[O-])[C@@H]1CC=C[C@H]21. The number of benzene rings is 1. The lowest BCUT2D eigenvalue weighted by Gasteiger charge is -2.38. The highest BCUT2D eigenvalue weighted by atomic mass is 35.5. The molecule has 0 saturated heterocycles. The van der Waals surface area contributed by atoms with E-state index in [0.717, 1.165) is 23.2 Å². The van der Waals surface area contributed by atoms with Crippen molar-refractivity contribution in [2.24, 2.45) is 5.92 Å². The predicted molar refractivity (Wildman–Crippen MR) is 68.6 cm³/mol. The van der Waals surface area contributed by atoms with E-state index in [1.807, 2.05) is 25.1 Å². The molecule has 1 aromatic rings. The van der Waals surface area contributed by atoms with Gasteiger partial charge in [0.2, 0.25) is 0 Å². The van der Waals surface area contributed by atoms with Gasteiger partial charge in [-0.05, 0) is 36.5 Å². The Morgan fingerprint density at radius 2 is 2.28 bits per heavy atom. The van der Waals surface area contributed by atoms with E-state index in [0.29, 0.717) is 5.02 Å². The monoisotopic (exact) mass is 262 g/mol. The fourth-order valence-electron chi connectivity index (χ4n) is 3.02. The van der Waals surface area contributed by atoms with Gasteiger partial charge in [-0.25, -0.2) is 0 Å². The zero-order valence-electron chi connectivity index (χ0n) is 9.94. The molecule has 0 fully saturated rings. The van der Waals surface area contributed by atoms with Crippen LogP contribution in [0.2, 0.25) is 5.02 Å². The Hall–Kier alpha value is -1.48. The second-order valence-electron chi connectivity index (χ2n) is 4.93. The molecule has 3 atom stereocenters. The van der Waals surface area contributed by atoms with Crippen LogP contribution in [0.5, 0.6) is 0 Å². The van der Waals surface area contributed by atoms with Crippen LogP contribution in [0, 0.1) is 12.8 Å². The Morgan fingerprint density at radius 3 is 3.00 bits per heavy atom. The number of aliphatic carboxylic acids is 1. The summed E-state index contributed by atoms with van der Waals surface area (Å²) in [7, 11) is 0. The Labute approximate surface area is 110 Å². The predicted octanol–water partition coefficient (Wildman–Crippen LogP) is 1.85. The normalized spacial score (nSPS) is 28.4. The minimum absolute atomic E-state index is 0.0445. The van der Waals surface area contributed by atoms with Gasteiger partial charge in [-0.2, -0.15) is 0 Å². The summed E-state index contributed by atoms with van der Waals surface area (Å²) < 4.78 is 0. The summed E-state index contributed by atoms with van der Waals surface area (Å²) in [4.78, 5) is 11.3. The maximum absolute atomic E-state index is 11.3. The number of hydrogen-bond acceptors (Lipinski definition) is 3. The van der Waals surface area contributed by atoms with E-state index in [1.165, 1.54) is 0 Å². The van der Waals surface area contributed by atoms with E-state index in [1.54, 1.807) is 0 Å². The molecule has 0 bridgehead atoms. The maximum atomic E-state index is 11.3. The Bertz CT molecular complexity index is 553. The fourth-order valence-corrected chi connectivity index (χ4v) is 3.18. The summed E-state index contributed by atoms with van der Waals surface area (Å²) in [6, 6.07) is 3.21. The summed E-state index contributed by atoms with van der Waals surface area (Å²) in [6.45, 7) is 1.90. The minimum Gasteiger partial charge on any atom is -0.548 e. The number of carbonyl (C=O) groups excluding carboxylic acids is 1. The molecule has 0 radical (unpaired) electrons. The molecule has 94 valence electrons. The molecule has 1 N–H and O–H groups in total. The molecule has 1 heterocycles. The zero-order valence-corrected chi connectivity index (χ0v) is 10.7. The summed E-state index contributed by atoms with van der Waals surface area (Å²) in [5.41, 5.74) is 2.89. The van der Waals surface area contributed by atoms with Crippen LogP contribution in [0.3, 0.4) is 0 Å². The van der Waals surface area contributed by atoms with Crippen molar-refractivity contribution in [3.05, 3.63) is 40.4 Å². The van der Waals surface area contributed by atoms with Crippen molar-refractivity contribution < 1.29 is 9.90 Å². The van der Waals surface area contributed by atoms with Crippen molar-refractivity contribution >= 4 is 23.3 Å². The molecule has 2 aliphatic rings. The van der Waals surface area contributed by atoms with Gasteiger partial charge in [0.05, 0.1) is 12.0 Å². The van der Waals surface area contributed by atoms with Gasteiger partial charge in [-0.15, -0.1) is 0 Å². The van der Waals surface area contributed by atoms with Crippen molar-refractivity contribution in [3.8, 4) is 0 Å². The summed E-state index contributed by atoms with van der Waals surface area (Å²) in [5.74, 6) is -0.845. The number of nitrogens with one attached hydrogen (secondary N) is 1. The van der Waals surface area contributed by atoms with Crippen molar-refractivity contribution in [1.82, 2.24) is 0 Å². The van der Waals surface area contributed by atoms with Gasteiger partial charge in [0.25, 0.3) is 0 Å². The largest absolute Gasteiger partial charge is 0.548 e. The van der Waals surface area contributed by atoms with Crippen LogP contribution in [0.1, 0.15) is 23.5 Å². The highest BCUT2D eigenvalue weighted by Crippen LogP contribution is 2.46. The topological polar surface area (TPSA) is 52.2 Å². The van der Waals surface area contributed by atoms with E-state index in [9.17, 15) is 9.90 Å². The molecule has 3 nitrogen and oxygen atoms in total. The van der Waals surface area contributed by atoms with Crippen molar-refractivity contribution in [2.45, 2.75) is 25.3 Å². The molecule has 4 heteroatoms. The van der Waals surface area contributed by atoms with Crippen LogP contribution < -0.4 is 10.4 Å². The number of carbonyl (C=O) groups is 1. The molecule has 0 saturated carbocycles.